The summed E-state index contributed by atoms with van der Waals surface area (Å²) in [5.41, 5.74) is 2.22. The van der Waals surface area contributed by atoms with Crippen molar-refractivity contribution in [2.45, 2.75) is 46.2 Å². The molecule has 1 aliphatic heterocycles. The van der Waals surface area contributed by atoms with Crippen molar-refractivity contribution in [2.75, 3.05) is 6.54 Å². The molecule has 1 saturated heterocycles. The fraction of sp³-hybridized carbons (Fsp3) is 0.500. The number of hydrogen-bond donors (Lipinski definition) is 2. The predicted molar refractivity (Wildman–Crippen MR) is 91.2 cm³/mol. The fourth-order valence-electron chi connectivity index (χ4n) is 2.70. The predicted octanol–water partition coefficient (Wildman–Crippen LogP) is 2.00. The molecule has 1 aliphatic rings. The van der Waals surface area contributed by atoms with Crippen LogP contribution in [0, 0.1) is 5.92 Å². The van der Waals surface area contributed by atoms with Crippen molar-refractivity contribution < 1.29 is 14.4 Å². The summed E-state index contributed by atoms with van der Waals surface area (Å²) in [6, 6.07) is 6.77. The van der Waals surface area contributed by atoms with Crippen molar-refractivity contribution >= 4 is 17.8 Å². The Morgan fingerprint density at radius 1 is 1.21 bits per heavy atom. The lowest BCUT2D eigenvalue weighted by Crippen LogP contribution is -2.42. The summed E-state index contributed by atoms with van der Waals surface area (Å²) in [4.78, 5) is 37.2. The van der Waals surface area contributed by atoms with Gasteiger partial charge in [0.1, 0.15) is 12.6 Å². The van der Waals surface area contributed by atoms with E-state index < -0.39 is 12.1 Å². The summed E-state index contributed by atoms with van der Waals surface area (Å²) in [6.45, 7) is 7.42. The van der Waals surface area contributed by atoms with E-state index in [0.29, 0.717) is 0 Å². The first kappa shape index (κ1) is 18.0. The molecule has 2 atom stereocenters. The summed E-state index contributed by atoms with van der Waals surface area (Å²) in [7, 11) is 0. The monoisotopic (exact) mass is 331 g/mol. The maximum Gasteiger partial charge on any atom is 0.325 e. The van der Waals surface area contributed by atoms with Gasteiger partial charge in [-0.2, -0.15) is 0 Å². The van der Waals surface area contributed by atoms with E-state index >= 15 is 0 Å². The highest BCUT2D eigenvalue weighted by Gasteiger charge is 2.40. The van der Waals surface area contributed by atoms with Crippen LogP contribution in [0.25, 0.3) is 0 Å². The van der Waals surface area contributed by atoms with Gasteiger partial charge in [0.05, 0.1) is 6.04 Å². The lowest BCUT2D eigenvalue weighted by molar-refractivity contribution is -0.133. The van der Waals surface area contributed by atoms with E-state index in [1.54, 1.807) is 0 Å². The van der Waals surface area contributed by atoms with Crippen molar-refractivity contribution in [3.05, 3.63) is 35.4 Å². The number of carbonyl (C=O) groups excluding carboxylic acids is 3. The van der Waals surface area contributed by atoms with Crippen LogP contribution in [-0.2, 0) is 16.0 Å². The van der Waals surface area contributed by atoms with Crippen LogP contribution in [0.4, 0.5) is 4.79 Å². The summed E-state index contributed by atoms with van der Waals surface area (Å²) in [6.07, 6.45) is 0.963. The molecule has 0 saturated carbocycles. The summed E-state index contributed by atoms with van der Waals surface area (Å²) in [5, 5.41) is 5.45. The van der Waals surface area contributed by atoms with Gasteiger partial charge in [0.2, 0.25) is 5.91 Å². The zero-order valence-electron chi connectivity index (χ0n) is 14.6. The molecule has 2 rings (SSSR count). The average molecular weight is 331 g/mol. The van der Waals surface area contributed by atoms with Crippen LogP contribution < -0.4 is 10.6 Å². The second-order valence-corrected chi connectivity index (χ2v) is 6.48. The maximum atomic E-state index is 12.2. The number of hydrogen-bond acceptors (Lipinski definition) is 3. The van der Waals surface area contributed by atoms with E-state index in [1.165, 1.54) is 5.56 Å². The van der Waals surface area contributed by atoms with E-state index in [-0.39, 0.29) is 30.3 Å². The van der Waals surface area contributed by atoms with Gasteiger partial charge in [-0.3, -0.25) is 14.5 Å². The smallest absolute Gasteiger partial charge is 0.325 e. The number of carbonyl (C=O) groups is 3. The van der Waals surface area contributed by atoms with Crippen LogP contribution in [0.1, 0.15) is 44.9 Å². The van der Waals surface area contributed by atoms with Gasteiger partial charge in [-0.05, 0) is 30.4 Å². The van der Waals surface area contributed by atoms with Crippen molar-refractivity contribution in [1.82, 2.24) is 15.5 Å². The largest absolute Gasteiger partial charge is 0.348 e. The first-order valence-corrected chi connectivity index (χ1v) is 8.33. The third-order valence-corrected chi connectivity index (χ3v) is 4.29. The highest BCUT2D eigenvalue weighted by atomic mass is 16.2. The van der Waals surface area contributed by atoms with Gasteiger partial charge < -0.3 is 10.6 Å². The minimum atomic E-state index is -0.552. The third kappa shape index (κ3) is 3.93. The number of urea groups is 1. The molecule has 6 heteroatoms. The Hall–Kier alpha value is -2.37. The zero-order chi connectivity index (χ0) is 17.9. The van der Waals surface area contributed by atoms with Gasteiger partial charge in [-0.1, -0.05) is 45.0 Å². The van der Waals surface area contributed by atoms with Gasteiger partial charge in [-0.25, -0.2) is 4.79 Å². The standard InChI is InChI=1S/C18H25N3O3/c1-5-13-6-8-14(9-7-13)12(4)19-15(22)10-21-17(23)16(11(2)3)20-18(21)24/h6-9,11-12,16H,5,10H2,1-4H3,(H,19,22)(H,20,24)/t12-,16+/m0/s1. The molecule has 0 radical (unpaired) electrons. The van der Waals surface area contributed by atoms with E-state index in [1.807, 2.05) is 45.0 Å². The Kier molecular flexibility index (Phi) is 5.59. The highest BCUT2D eigenvalue weighted by molar-refractivity contribution is 6.06. The Balaban J connectivity index is 1.95. The Morgan fingerprint density at radius 2 is 1.83 bits per heavy atom. The zero-order valence-corrected chi connectivity index (χ0v) is 14.6. The molecule has 1 heterocycles. The quantitative estimate of drug-likeness (QED) is 0.783. The maximum absolute atomic E-state index is 12.2. The van der Waals surface area contributed by atoms with Gasteiger partial charge >= 0.3 is 6.03 Å². The second-order valence-electron chi connectivity index (χ2n) is 6.48. The van der Waals surface area contributed by atoms with Crippen LogP contribution in [0.15, 0.2) is 24.3 Å². The number of aryl methyl sites for hydroxylation is 1. The number of benzene rings is 1. The first-order chi connectivity index (χ1) is 11.3. The molecule has 0 bridgehead atoms. The molecular weight excluding hydrogens is 306 g/mol. The molecule has 0 aliphatic carbocycles. The molecule has 0 unspecified atom stereocenters. The summed E-state index contributed by atoms with van der Waals surface area (Å²) >= 11 is 0. The summed E-state index contributed by atoms with van der Waals surface area (Å²) < 4.78 is 0. The molecule has 0 aromatic heterocycles. The van der Waals surface area contributed by atoms with Gasteiger partial charge in [0, 0.05) is 0 Å². The van der Waals surface area contributed by atoms with E-state index in [4.69, 9.17) is 0 Å². The topological polar surface area (TPSA) is 78.5 Å². The molecule has 4 amide bonds. The van der Waals surface area contributed by atoms with Crippen LogP contribution >= 0.6 is 0 Å². The Bertz CT molecular complexity index is 625. The average Bonchev–Trinajstić information content (AvgIpc) is 2.83. The highest BCUT2D eigenvalue weighted by Crippen LogP contribution is 2.15. The second kappa shape index (κ2) is 7.47. The fourth-order valence-corrected chi connectivity index (χ4v) is 2.70. The molecular formula is C18H25N3O3. The van der Waals surface area contributed by atoms with E-state index in [0.717, 1.165) is 16.9 Å². The van der Waals surface area contributed by atoms with E-state index in [2.05, 4.69) is 17.6 Å². The SMILES string of the molecule is CCc1ccc([C@H](C)NC(=O)CN2C(=O)N[C@H](C(C)C)C2=O)cc1. The minimum Gasteiger partial charge on any atom is -0.348 e. The molecule has 0 spiro atoms. The van der Waals surface area contributed by atoms with Gasteiger partial charge in [-0.15, -0.1) is 0 Å². The number of nitrogens with one attached hydrogen (secondary N) is 2. The molecule has 130 valence electrons. The third-order valence-electron chi connectivity index (χ3n) is 4.29. The van der Waals surface area contributed by atoms with Crippen molar-refractivity contribution in [3.63, 3.8) is 0 Å². The minimum absolute atomic E-state index is 0.00878. The van der Waals surface area contributed by atoms with Crippen LogP contribution in [-0.4, -0.2) is 35.3 Å². The van der Waals surface area contributed by atoms with Crippen LogP contribution in [0.5, 0.6) is 0 Å². The number of amides is 4. The number of nitrogens with zero attached hydrogens (tertiary/aromatic N) is 1. The Morgan fingerprint density at radius 3 is 2.33 bits per heavy atom. The number of rotatable bonds is 6. The van der Waals surface area contributed by atoms with Crippen molar-refractivity contribution in [2.24, 2.45) is 5.92 Å². The van der Waals surface area contributed by atoms with Crippen molar-refractivity contribution in [3.8, 4) is 0 Å². The van der Waals surface area contributed by atoms with E-state index in [9.17, 15) is 14.4 Å². The molecule has 6 nitrogen and oxygen atoms in total. The first-order valence-electron chi connectivity index (χ1n) is 8.33. The van der Waals surface area contributed by atoms with Crippen LogP contribution in [0.3, 0.4) is 0 Å². The normalized spacial score (nSPS) is 18.7. The molecule has 24 heavy (non-hydrogen) atoms. The van der Waals surface area contributed by atoms with Crippen molar-refractivity contribution in [1.29, 1.82) is 0 Å². The lowest BCUT2D eigenvalue weighted by atomic mass is 10.0. The molecule has 1 aromatic rings. The molecule has 2 N–H and O–H groups in total. The Labute approximate surface area is 142 Å². The van der Waals surface area contributed by atoms with Gasteiger partial charge in [0.25, 0.3) is 5.91 Å². The molecule has 1 fully saturated rings. The lowest BCUT2D eigenvalue weighted by Gasteiger charge is -2.18. The van der Waals surface area contributed by atoms with Crippen LogP contribution in [0.2, 0.25) is 0 Å². The number of imide groups is 1. The molecule has 1 aromatic carbocycles. The summed E-state index contributed by atoms with van der Waals surface area (Å²) in [5.74, 6) is -0.703. The van der Waals surface area contributed by atoms with Gasteiger partial charge in [0.15, 0.2) is 0 Å².